The second kappa shape index (κ2) is 6.66. The van der Waals surface area contributed by atoms with Crippen LogP contribution in [0.1, 0.15) is 22.0 Å². The monoisotopic (exact) mass is 331 g/mol. The highest BCUT2D eigenvalue weighted by Gasteiger charge is 2.20. The number of aryl methyl sites for hydroxylation is 1. The predicted molar refractivity (Wildman–Crippen MR) is 86.8 cm³/mol. The number of amides is 1. The zero-order valence-electron chi connectivity index (χ0n) is 12.8. The lowest BCUT2D eigenvalue weighted by atomic mass is 10.1. The minimum absolute atomic E-state index is 0.0529. The fourth-order valence-corrected chi connectivity index (χ4v) is 3.06. The summed E-state index contributed by atoms with van der Waals surface area (Å²) < 4.78 is 8.52. The highest BCUT2D eigenvalue weighted by atomic mass is 32.1. The number of carbonyl (C=O) groups excluding carboxylic acids is 1. The molecule has 0 saturated heterocycles. The number of hydrogen-bond donors (Lipinski definition) is 1. The van der Waals surface area contributed by atoms with Crippen LogP contribution < -0.4 is 10.1 Å². The summed E-state index contributed by atoms with van der Waals surface area (Å²) in [5, 5.41) is 15.4. The Labute approximate surface area is 137 Å². The van der Waals surface area contributed by atoms with Gasteiger partial charge in [-0.2, -0.15) is 16.4 Å². The number of methoxy groups -OCH3 is 1. The Morgan fingerprint density at radius 2 is 2.39 bits per heavy atom. The largest absolute Gasteiger partial charge is 0.479 e. The molecule has 0 aliphatic rings. The molecule has 1 atom stereocenters. The number of rotatable bonds is 6. The maximum absolute atomic E-state index is 12.4. The molecule has 8 heteroatoms. The third-order valence-corrected chi connectivity index (χ3v) is 4.16. The Bertz CT molecular complexity index is 730. The number of hydrogen-bond acceptors (Lipinski definition) is 5. The molecule has 0 aliphatic carbocycles. The van der Waals surface area contributed by atoms with E-state index in [0.717, 1.165) is 5.56 Å². The second-order valence-corrected chi connectivity index (χ2v) is 5.77. The van der Waals surface area contributed by atoms with Gasteiger partial charge in [0.05, 0.1) is 13.2 Å². The number of aromatic nitrogens is 4. The molecule has 0 saturated carbocycles. The topological polar surface area (TPSA) is 74.0 Å². The minimum atomic E-state index is -0.220. The van der Waals surface area contributed by atoms with Gasteiger partial charge in [0.1, 0.15) is 5.56 Å². The van der Waals surface area contributed by atoms with Crippen LogP contribution >= 0.6 is 11.3 Å². The van der Waals surface area contributed by atoms with Gasteiger partial charge < -0.3 is 10.1 Å². The van der Waals surface area contributed by atoms with Crippen molar-refractivity contribution in [3.63, 3.8) is 0 Å². The molecular formula is C15H17N5O2S. The van der Waals surface area contributed by atoms with Crippen molar-refractivity contribution in [2.75, 3.05) is 13.7 Å². The Balaban J connectivity index is 1.75. The standard InChI is InChI=1S/C15H17N5O2S/c1-19-9-12(15(18-19)22-2)14(21)16-8-13(11-4-7-23-10-11)20-6-3-5-17-20/h3-7,9-10,13H,8H2,1-2H3,(H,16,21)/t13-/m1/s1. The molecule has 0 unspecified atom stereocenters. The lowest BCUT2D eigenvalue weighted by Crippen LogP contribution is -2.31. The third-order valence-electron chi connectivity index (χ3n) is 3.46. The smallest absolute Gasteiger partial charge is 0.258 e. The molecule has 0 aliphatic heterocycles. The van der Waals surface area contributed by atoms with Gasteiger partial charge >= 0.3 is 0 Å². The van der Waals surface area contributed by atoms with E-state index in [0.29, 0.717) is 18.0 Å². The van der Waals surface area contributed by atoms with Gasteiger partial charge in [0.2, 0.25) is 5.88 Å². The maximum atomic E-state index is 12.4. The molecule has 0 spiro atoms. The molecule has 0 fully saturated rings. The Morgan fingerprint density at radius 1 is 1.52 bits per heavy atom. The van der Waals surface area contributed by atoms with Crippen molar-refractivity contribution < 1.29 is 9.53 Å². The van der Waals surface area contributed by atoms with Crippen molar-refractivity contribution in [3.05, 3.63) is 52.6 Å². The number of nitrogens with one attached hydrogen (secondary N) is 1. The van der Waals surface area contributed by atoms with Gasteiger partial charge in [-0.3, -0.25) is 14.2 Å². The fraction of sp³-hybridized carbons (Fsp3) is 0.267. The molecule has 120 valence electrons. The minimum Gasteiger partial charge on any atom is -0.479 e. The molecule has 23 heavy (non-hydrogen) atoms. The van der Waals surface area contributed by atoms with Gasteiger partial charge in [-0.25, -0.2) is 0 Å². The van der Waals surface area contributed by atoms with Crippen molar-refractivity contribution in [2.45, 2.75) is 6.04 Å². The van der Waals surface area contributed by atoms with Gasteiger partial charge in [-0.05, 0) is 28.5 Å². The molecule has 1 N–H and O–H groups in total. The first-order valence-electron chi connectivity index (χ1n) is 7.06. The van der Waals surface area contributed by atoms with E-state index >= 15 is 0 Å². The van der Waals surface area contributed by atoms with E-state index in [1.165, 1.54) is 7.11 Å². The zero-order chi connectivity index (χ0) is 16.2. The highest BCUT2D eigenvalue weighted by Crippen LogP contribution is 2.20. The van der Waals surface area contributed by atoms with Crippen molar-refractivity contribution in [1.29, 1.82) is 0 Å². The van der Waals surface area contributed by atoms with Crippen LogP contribution in [0.25, 0.3) is 0 Å². The van der Waals surface area contributed by atoms with Crippen LogP contribution in [0.2, 0.25) is 0 Å². The molecule has 0 radical (unpaired) electrons. The maximum Gasteiger partial charge on any atom is 0.258 e. The van der Waals surface area contributed by atoms with Crippen LogP contribution in [-0.4, -0.2) is 39.1 Å². The van der Waals surface area contributed by atoms with Gasteiger partial charge in [-0.1, -0.05) is 0 Å². The fourth-order valence-electron chi connectivity index (χ4n) is 2.35. The predicted octanol–water partition coefficient (Wildman–Crippen LogP) is 1.71. The van der Waals surface area contributed by atoms with Gasteiger partial charge in [0.15, 0.2) is 0 Å². The molecule has 3 heterocycles. The average molecular weight is 331 g/mol. The molecule has 3 aromatic rings. The molecular weight excluding hydrogens is 314 g/mol. The van der Waals surface area contributed by atoms with Gasteiger partial charge in [0, 0.05) is 32.2 Å². The SMILES string of the molecule is COc1nn(C)cc1C(=O)NC[C@H](c1ccsc1)n1cccn1. The lowest BCUT2D eigenvalue weighted by Gasteiger charge is -2.17. The first-order valence-corrected chi connectivity index (χ1v) is 8.00. The van der Waals surface area contributed by atoms with E-state index in [9.17, 15) is 4.79 Å². The van der Waals surface area contributed by atoms with E-state index in [2.05, 4.69) is 20.9 Å². The Hall–Kier alpha value is -2.61. The van der Waals surface area contributed by atoms with Crippen molar-refractivity contribution in [3.8, 4) is 5.88 Å². The molecule has 0 aromatic carbocycles. The van der Waals surface area contributed by atoms with Gasteiger partial charge in [-0.15, -0.1) is 5.10 Å². The van der Waals surface area contributed by atoms with Crippen LogP contribution in [-0.2, 0) is 7.05 Å². The molecule has 3 rings (SSSR count). The van der Waals surface area contributed by atoms with E-state index in [1.54, 1.807) is 35.5 Å². The number of thiophene rings is 1. The average Bonchev–Trinajstić information content (AvgIpc) is 3.28. The number of carbonyl (C=O) groups is 1. The highest BCUT2D eigenvalue weighted by molar-refractivity contribution is 7.07. The second-order valence-electron chi connectivity index (χ2n) is 4.99. The van der Waals surface area contributed by atoms with E-state index in [1.807, 2.05) is 28.4 Å². The zero-order valence-corrected chi connectivity index (χ0v) is 13.7. The number of ether oxygens (including phenoxy) is 1. The third kappa shape index (κ3) is 3.26. The Morgan fingerprint density at radius 3 is 3.04 bits per heavy atom. The molecule has 1 amide bonds. The summed E-state index contributed by atoms with van der Waals surface area (Å²) in [5.74, 6) is 0.0958. The van der Waals surface area contributed by atoms with Crippen molar-refractivity contribution >= 4 is 17.2 Å². The van der Waals surface area contributed by atoms with Crippen molar-refractivity contribution in [2.24, 2.45) is 7.05 Å². The first kappa shape index (κ1) is 15.3. The van der Waals surface area contributed by atoms with E-state index < -0.39 is 0 Å². The van der Waals surface area contributed by atoms with E-state index in [4.69, 9.17) is 4.74 Å². The summed E-state index contributed by atoms with van der Waals surface area (Å²) >= 11 is 1.62. The Kier molecular flexibility index (Phi) is 4.42. The van der Waals surface area contributed by atoms with Gasteiger partial charge in [0.25, 0.3) is 5.91 Å². The van der Waals surface area contributed by atoms with Crippen LogP contribution in [0.5, 0.6) is 5.88 Å². The van der Waals surface area contributed by atoms with E-state index in [-0.39, 0.29) is 11.9 Å². The normalized spacial score (nSPS) is 12.1. The van der Waals surface area contributed by atoms with Crippen LogP contribution in [0.4, 0.5) is 0 Å². The quantitative estimate of drug-likeness (QED) is 0.746. The molecule has 7 nitrogen and oxygen atoms in total. The van der Waals surface area contributed by atoms with Crippen LogP contribution in [0.3, 0.4) is 0 Å². The summed E-state index contributed by atoms with van der Waals surface area (Å²) in [5.41, 5.74) is 1.52. The molecule has 0 bridgehead atoms. The summed E-state index contributed by atoms with van der Waals surface area (Å²) in [7, 11) is 3.24. The number of nitrogens with zero attached hydrogens (tertiary/aromatic N) is 4. The van der Waals surface area contributed by atoms with Crippen LogP contribution in [0.15, 0.2) is 41.5 Å². The van der Waals surface area contributed by atoms with Crippen LogP contribution in [0, 0.1) is 0 Å². The summed E-state index contributed by atoms with van der Waals surface area (Å²) in [6, 6.07) is 3.85. The first-order chi connectivity index (χ1) is 11.2. The lowest BCUT2D eigenvalue weighted by molar-refractivity contribution is 0.0946. The molecule has 3 aromatic heterocycles. The summed E-state index contributed by atoms with van der Waals surface area (Å²) in [6.45, 7) is 0.426. The van der Waals surface area contributed by atoms with Crippen molar-refractivity contribution in [1.82, 2.24) is 24.9 Å². The summed E-state index contributed by atoms with van der Waals surface area (Å²) in [6.07, 6.45) is 5.26. The summed E-state index contributed by atoms with van der Waals surface area (Å²) in [4.78, 5) is 12.4.